The van der Waals surface area contributed by atoms with Crippen LogP contribution in [-0.2, 0) is 4.79 Å². The smallest absolute Gasteiger partial charge is 0.319 e. The van der Waals surface area contributed by atoms with Crippen molar-refractivity contribution in [3.05, 3.63) is 30.3 Å². The van der Waals surface area contributed by atoms with Crippen molar-refractivity contribution in [2.75, 3.05) is 11.9 Å². The van der Waals surface area contributed by atoms with E-state index < -0.39 is 6.04 Å². The molecule has 1 aromatic rings. The molecule has 0 bridgehead atoms. The largest absolute Gasteiger partial charge is 0.354 e. The minimum absolute atomic E-state index is 0.120. The molecule has 5 heteroatoms. The Bertz CT molecular complexity index is 460. The maximum absolute atomic E-state index is 12.2. The van der Waals surface area contributed by atoms with Gasteiger partial charge in [-0.05, 0) is 30.9 Å². The van der Waals surface area contributed by atoms with Crippen LogP contribution in [0.1, 0.15) is 40.0 Å². The average Bonchev–Trinajstić information content (AvgIpc) is 2.47. The van der Waals surface area contributed by atoms with Crippen LogP contribution < -0.4 is 16.0 Å². The van der Waals surface area contributed by atoms with Gasteiger partial charge in [0.2, 0.25) is 5.91 Å². The molecule has 0 saturated heterocycles. The van der Waals surface area contributed by atoms with Crippen LogP contribution in [0, 0.1) is 5.92 Å². The van der Waals surface area contributed by atoms with E-state index in [1.54, 1.807) is 12.1 Å². The van der Waals surface area contributed by atoms with Gasteiger partial charge in [0, 0.05) is 12.2 Å². The molecule has 22 heavy (non-hydrogen) atoms. The highest BCUT2D eigenvalue weighted by Gasteiger charge is 2.21. The summed E-state index contributed by atoms with van der Waals surface area (Å²) in [4.78, 5) is 24.2. The molecule has 0 radical (unpaired) electrons. The lowest BCUT2D eigenvalue weighted by Crippen LogP contribution is -2.48. The highest BCUT2D eigenvalue weighted by atomic mass is 16.2. The number of hydrogen-bond donors (Lipinski definition) is 3. The molecule has 0 aromatic heterocycles. The number of para-hydroxylation sites is 1. The number of nitrogens with one attached hydrogen (secondary N) is 3. The van der Waals surface area contributed by atoms with Crippen LogP contribution in [0.5, 0.6) is 0 Å². The fraction of sp³-hybridized carbons (Fsp3) is 0.529. The van der Waals surface area contributed by atoms with Crippen LogP contribution in [0.2, 0.25) is 0 Å². The molecule has 0 heterocycles. The molecule has 0 spiro atoms. The second-order valence-electron chi connectivity index (χ2n) is 5.79. The van der Waals surface area contributed by atoms with Crippen LogP contribution in [0.4, 0.5) is 10.5 Å². The number of rotatable bonds is 8. The molecule has 1 rings (SSSR count). The van der Waals surface area contributed by atoms with Crippen molar-refractivity contribution in [1.82, 2.24) is 10.6 Å². The van der Waals surface area contributed by atoms with Crippen LogP contribution >= 0.6 is 0 Å². The topological polar surface area (TPSA) is 70.2 Å². The third-order valence-electron chi connectivity index (χ3n) is 3.19. The third kappa shape index (κ3) is 7.11. The normalized spacial score (nSPS) is 11.8. The summed E-state index contributed by atoms with van der Waals surface area (Å²) in [6, 6.07) is 8.31. The van der Waals surface area contributed by atoms with Crippen molar-refractivity contribution in [2.45, 2.75) is 46.1 Å². The van der Waals surface area contributed by atoms with Gasteiger partial charge in [-0.15, -0.1) is 0 Å². The first-order valence-corrected chi connectivity index (χ1v) is 7.93. The maximum Gasteiger partial charge on any atom is 0.319 e. The van der Waals surface area contributed by atoms with Gasteiger partial charge in [0.05, 0.1) is 0 Å². The zero-order valence-corrected chi connectivity index (χ0v) is 13.7. The molecule has 0 unspecified atom stereocenters. The second kappa shape index (κ2) is 9.82. The van der Waals surface area contributed by atoms with Gasteiger partial charge in [-0.3, -0.25) is 4.79 Å². The molecule has 3 amide bonds. The summed E-state index contributed by atoms with van der Waals surface area (Å²) in [7, 11) is 0. The summed E-state index contributed by atoms with van der Waals surface area (Å²) >= 11 is 0. The molecule has 5 nitrogen and oxygen atoms in total. The van der Waals surface area contributed by atoms with Crippen molar-refractivity contribution in [1.29, 1.82) is 0 Å². The van der Waals surface area contributed by atoms with Crippen molar-refractivity contribution >= 4 is 17.6 Å². The summed E-state index contributed by atoms with van der Waals surface area (Å²) < 4.78 is 0. The first-order valence-electron chi connectivity index (χ1n) is 7.93. The SMILES string of the molecule is CCCCNC(=O)[C@H](CC(C)C)NC(=O)Nc1ccccc1. The minimum atomic E-state index is -0.513. The van der Waals surface area contributed by atoms with Crippen LogP contribution in [-0.4, -0.2) is 24.5 Å². The number of benzene rings is 1. The summed E-state index contributed by atoms with van der Waals surface area (Å²) in [5.74, 6) is 0.198. The lowest BCUT2D eigenvalue weighted by molar-refractivity contribution is -0.123. The van der Waals surface area contributed by atoms with E-state index in [1.807, 2.05) is 32.0 Å². The Morgan fingerprint density at radius 3 is 2.41 bits per heavy atom. The fourth-order valence-corrected chi connectivity index (χ4v) is 2.06. The van der Waals surface area contributed by atoms with Crippen molar-refractivity contribution < 1.29 is 9.59 Å². The molecular weight excluding hydrogens is 278 g/mol. The molecule has 0 aliphatic carbocycles. The molecule has 0 aliphatic rings. The average molecular weight is 305 g/mol. The molecule has 3 N–H and O–H groups in total. The molecule has 1 aromatic carbocycles. The number of urea groups is 1. The van der Waals surface area contributed by atoms with Gasteiger partial charge >= 0.3 is 6.03 Å². The number of anilines is 1. The quantitative estimate of drug-likeness (QED) is 0.646. The van der Waals surface area contributed by atoms with E-state index in [9.17, 15) is 9.59 Å². The number of amides is 3. The van der Waals surface area contributed by atoms with Gasteiger partial charge in [0.1, 0.15) is 6.04 Å². The molecule has 1 atom stereocenters. The zero-order valence-electron chi connectivity index (χ0n) is 13.7. The van der Waals surface area contributed by atoms with Gasteiger partial charge in [0.25, 0.3) is 0 Å². The highest BCUT2D eigenvalue weighted by molar-refractivity contribution is 5.93. The molecule has 0 fully saturated rings. The van der Waals surface area contributed by atoms with E-state index in [2.05, 4.69) is 22.9 Å². The zero-order chi connectivity index (χ0) is 16.4. The van der Waals surface area contributed by atoms with E-state index in [-0.39, 0.29) is 11.9 Å². The third-order valence-corrected chi connectivity index (χ3v) is 3.19. The Morgan fingerprint density at radius 2 is 1.82 bits per heavy atom. The first kappa shape index (κ1) is 18.0. The Labute approximate surface area is 132 Å². The van der Waals surface area contributed by atoms with Crippen molar-refractivity contribution in [2.24, 2.45) is 5.92 Å². The molecule has 0 aliphatic heterocycles. The van der Waals surface area contributed by atoms with Crippen LogP contribution in [0.25, 0.3) is 0 Å². The van der Waals surface area contributed by atoms with E-state index in [0.717, 1.165) is 12.8 Å². The summed E-state index contributed by atoms with van der Waals surface area (Å²) in [5, 5.41) is 8.38. The molecule has 0 saturated carbocycles. The number of carbonyl (C=O) groups excluding carboxylic acids is 2. The van der Waals surface area contributed by atoms with Gasteiger partial charge in [-0.2, -0.15) is 0 Å². The van der Waals surface area contributed by atoms with E-state index in [0.29, 0.717) is 24.6 Å². The minimum Gasteiger partial charge on any atom is -0.354 e. The fourth-order valence-electron chi connectivity index (χ4n) is 2.06. The highest BCUT2D eigenvalue weighted by Crippen LogP contribution is 2.07. The van der Waals surface area contributed by atoms with Gasteiger partial charge in [-0.25, -0.2) is 4.79 Å². The predicted octanol–water partition coefficient (Wildman–Crippen LogP) is 3.14. The second-order valence-corrected chi connectivity index (χ2v) is 5.79. The standard InChI is InChI=1S/C17H27N3O2/c1-4-5-11-18-16(21)15(12-13(2)3)20-17(22)19-14-9-7-6-8-10-14/h6-10,13,15H,4-5,11-12H2,1-3H3,(H,18,21)(H2,19,20,22)/t15-/m0/s1. The van der Waals surface area contributed by atoms with E-state index >= 15 is 0 Å². The van der Waals surface area contributed by atoms with E-state index in [1.165, 1.54) is 0 Å². The number of carbonyl (C=O) groups is 2. The molecule has 122 valence electrons. The van der Waals surface area contributed by atoms with Crippen LogP contribution in [0.15, 0.2) is 30.3 Å². The first-order chi connectivity index (χ1) is 10.5. The predicted molar refractivity (Wildman–Crippen MR) is 89.8 cm³/mol. The Kier molecular flexibility index (Phi) is 8.04. The van der Waals surface area contributed by atoms with Crippen molar-refractivity contribution in [3.63, 3.8) is 0 Å². The van der Waals surface area contributed by atoms with Gasteiger partial charge in [0.15, 0.2) is 0 Å². The van der Waals surface area contributed by atoms with Gasteiger partial charge < -0.3 is 16.0 Å². The summed E-state index contributed by atoms with van der Waals surface area (Å²) in [5.41, 5.74) is 0.703. The number of hydrogen-bond acceptors (Lipinski definition) is 2. The monoisotopic (exact) mass is 305 g/mol. The lowest BCUT2D eigenvalue weighted by atomic mass is 10.0. The summed E-state index contributed by atoms with van der Waals surface area (Å²) in [6.07, 6.45) is 2.58. The van der Waals surface area contributed by atoms with Crippen molar-refractivity contribution in [3.8, 4) is 0 Å². The Hall–Kier alpha value is -2.04. The Balaban J connectivity index is 2.56. The maximum atomic E-state index is 12.2. The lowest BCUT2D eigenvalue weighted by Gasteiger charge is -2.20. The molecular formula is C17H27N3O2. The van der Waals surface area contributed by atoms with Crippen LogP contribution in [0.3, 0.4) is 0 Å². The number of unbranched alkanes of at least 4 members (excludes halogenated alkanes) is 1. The Morgan fingerprint density at radius 1 is 1.14 bits per heavy atom. The summed E-state index contributed by atoms with van der Waals surface area (Å²) in [6.45, 7) is 6.78. The van der Waals surface area contributed by atoms with Gasteiger partial charge in [-0.1, -0.05) is 45.4 Å². The van der Waals surface area contributed by atoms with E-state index in [4.69, 9.17) is 0 Å².